The summed E-state index contributed by atoms with van der Waals surface area (Å²) in [5.74, 6) is 1.44. The van der Waals surface area contributed by atoms with Gasteiger partial charge < -0.3 is 0 Å². The molecule has 1 aromatic carbocycles. The van der Waals surface area contributed by atoms with Gasteiger partial charge in [0, 0.05) is 16.4 Å². The molecule has 0 aliphatic heterocycles. The Hall–Kier alpha value is -0.940. The summed E-state index contributed by atoms with van der Waals surface area (Å²) in [5.41, 5.74) is 0.142. The average molecular weight is 288 g/mol. The van der Waals surface area contributed by atoms with Crippen molar-refractivity contribution < 1.29 is 13.2 Å². The molecule has 1 aromatic heterocycles. The number of hydrogen-bond acceptors (Lipinski definition) is 2. The number of rotatable bonds is 4. The zero-order valence-electron chi connectivity index (χ0n) is 9.41. The molecule has 18 heavy (non-hydrogen) atoms. The minimum Gasteiger partial charge on any atom is -0.166 e. The monoisotopic (exact) mass is 288 g/mol. The maximum Gasteiger partial charge on any atom is 0.416 e. The van der Waals surface area contributed by atoms with Crippen molar-refractivity contribution in [3.05, 3.63) is 57.8 Å². The van der Waals surface area contributed by atoms with E-state index in [4.69, 9.17) is 0 Å². The van der Waals surface area contributed by atoms with Crippen LogP contribution in [0, 0.1) is 0 Å². The van der Waals surface area contributed by atoms with Gasteiger partial charge in [0.15, 0.2) is 0 Å². The highest BCUT2D eigenvalue weighted by molar-refractivity contribution is 7.97. The molecule has 0 nitrogen and oxygen atoms in total. The molecular formula is C13H11F3S2. The molecule has 0 unspecified atom stereocenters. The smallest absolute Gasteiger partial charge is 0.166 e. The van der Waals surface area contributed by atoms with E-state index in [1.165, 1.54) is 17.0 Å². The first-order valence-corrected chi connectivity index (χ1v) is 7.35. The molecule has 96 valence electrons. The summed E-state index contributed by atoms with van der Waals surface area (Å²) in [6.45, 7) is 0. The van der Waals surface area contributed by atoms with E-state index in [0.717, 1.165) is 11.8 Å². The lowest BCUT2D eigenvalue weighted by molar-refractivity contribution is -0.137. The quantitative estimate of drug-likeness (QED) is 0.745. The van der Waals surface area contributed by atoms with Gasteiger partial charge >= 0.3 is 6.18 Å². The summed E-state index contributed by atoms with van der Waals surface area (Å²) in [5, 5.41) is 2.00. The van der Waals surface area contributed by atoms with Crippen LogP contribution < -0.4 is 0 Å². The maximum atomic E-state index is 12.5. The first-order chi connectivity index (χ1) is 8.55. The van der Waals surface area contributed by atoms with Gasteiger partial charge in [-0.15, -0.1) is 11.3 Å². The average Bonchev–Trinajstić information content (AvgIpc) is 2.81. The first-order valence-electron chi connectivity index (χ1n) is 5.32. The Morgan fingerprint density at radius 2 is 1.89 bits per heavy atom. The van der Waals surface area contributed by atoms with Crippen molar-refractivity contribution in [1.82, 2.24) is 0 Å². The van der Waals surface area contributed by atoms with Crippen LogP contribution in [0.25, 0.3) is 0 Å². The molecule has 0 saturated heterocycles. The topological polar surface area (TPSA) is 0 Å². The fourth-order valence-electron chi connectivity index (χ4n) is 1.50. The van der Waals surface area contributed by atoms with Gasteiger partial charge in [-0.1, -0.05) is 24.3 Å². The Kier molecular flexibility index (Phi) is 4.35. The van der Waals surface area contributed by atoms with E-state index in [1.807, 2.05) is 17.5 Å². The Bertz CT molecular complexity index is 489. The van der Waals surface area contributed by atoms with Crippen molar-refractivity contribution >= 4 is 23.1 Å². The summed E-state index contributed by atoms with van der Waals surface area (Å²) in [6.07, 6.45) is -4.26. The third-order valence-corrected chi connectivity index (χ3v) is 4.46. The number of hydrogen-bond donors (Lipinski definition) is 0. The van der Waals surface area contributed by atoms with Crippen molar-refractivity contribution in [2.24, 2.45) is 0 Å². The van der Waals surface area contributed by atoms with E-state index in [0.29, 0.717) is 11.3 Å². The number of benzene rings is 1. The van der Waals surface area contributed by atoms with Gasteiger partial charge in [-0.05, 0) is 23.1 Å². The van der Waals surface area contributed by atoms with Gasteiger partial charge in [-0.2, -0.15) is 24.9 Å². The van der Waals surface area contributed by atoms with E-state index in [1.54, 1.807) is 29.2 Å². The molecule has 2 aromatic rings. The van der Waals surface area contributed by atoms with Crippen LogP contribution in [0.3, 0.4) is 0 Å². The predicted octanol–water partition coefficient (Wildman–Crippen LogP) is 5.20. The molecule has 0 amide bonds. The fourth-order valence-corrected chi connectivity index (χ4v) is 3.33. The molecule has 0 fully saturated rings. The van der Waals surface area contributed by atoms with Crippen LogP contribution >= 0.6 is 23.1 Å². The second-order valence-electron chi connectivity index (χ2n) is 3.77. The SMILES string of the molecule is FC(F)(F)c1cccc(CSCc2cccs2)c1. The van der Waals surface area contributed by atoms with Crippen molar-refractivity contribution in [3.63, 3.8) is 0 Å². The molecule has 2 rings (SSSR count). The Labute approximate surface area is 112 Å². The van der Waals surface area contributed by atoms with Crippen molar-refractivity contribution in [1.29, 1.82) is 0 Å². The molecule has 0 aliphatic rings. The summed E-state index contributed by atoms with van der Waals surface area (Å²) in [6, 6.07) is 9.53. The van der Waals surface area contributed by atoms with Crippen molar-refractivity contribution in [2.45, 2.75) is 17.7 Å². The second-order valence-corrected chi connectivity index (χ2v) is 5.79. The number of halogens is 3. The largest absolute Gasteiger partial charge is 0.416 e. The summed E-state index contributed by atoms with van der Waals surface area (Å²) in [4.78, 5) is 1.24. The molecule has 0 radical (unpaired) electrons. The number of alkyl halides is 3. The van der Waals surface area contributed by atoms with E-state index < -0.39 is 11.7 Å². The molecule has 0 spiro atoms. The van der Waals surface area contributed by atoms with Crippen LogP contribution in [0.2, 0.25) is 0 Å². The molecule has 1 heterocycles. The zero-order chi connectivity index (χ0) is 13.0. The Balaban J connectivity index is 1.93. The van der Waals surface area contributed by atoms with Crippen LogP contribution in [-0.2, 0) is 17.7 Å². The first kappa shape index (κ1) is 13.5. The van der Waals surface area contributed by atoms with Crippen LogP contribution in [-0.4, -0.2) is 0 Å². The van der Waals surface area contributed by atoms with Gasteiger partial charge in [0.2, 0.25) is 0 Å². The van der Waals surface area contributed by atoms with E-state index in [9.17, 15) is 13.2 Å². The molecule has 0 N–H and O–H groups in total. The van der Waals surface area contributed by atoms with Gasteiger partial charge in [-0.25, -0.2) is 0 Å². The highest BCUT2D eigenvalue weighted by Gasteiger charge is 2.30. The van der Waals surface area contributed by atoms with E-state index in [-0.39, 0.29) is 0 Å². The fraction of sp³-hybridized carbons (Fsp3) is 0.231. The number of thiophene rings is 1. The molecule has 5 heteroatoms. The highest BCUT2D eigenvalue weighted by atomic mass is 32.2. The Morgan fingerprint density at radius 3 is 2.56 bits per heavy atom. The molecule has 0 saturated carbocycles. The normalized spacial score (nSPS) is 11.7. The van der Waals surface area contributed by atoms with Crippen LogP contribution in [0.4, 0.5) is 13.2 Å². The lowest BCUT2D eigenvalue weighted by atomic mass is 10.1. The molecule has 0 bridgehead atoms. The zero-order valence-corrected chi connectivity index (χ0v) is 11.0. The van der Waals surface area contributed by atoms with Gasteiger partial charge in [0.05, 0.1) is 5.56 Å². The molecular weight excluding hydrogens is 277 g/mol. The Morgan fingerprint density at radius 1 is 1.06 bits per heavy atom. The number of thioether (sulfide) groups is 1. The van der Waals surface area contributed by atoms with Gasteiger partial charge in [0.25, 0.3) is 0 Å². The van der Waals surface area contributed by atoms with Gasteiger partial charge in [0.1, 0.15) is 0 Å². The summed E-state index contributed by atoms with van der Waals surface area (Å²) < 4.78 is 37.5. The third-order valence-electron chi connectivity index (χ3n) is 2.35. The lowest BCUT2D eigenvalue weighted by Crippen LogP contribution is -2.04. The van der Waals surface area contributed by atoms with Crippen LogP contribution in [0.1, 0.15) is 16.0 Å². The minimum atomic E-state index is -4.26. The van der Waals surface area contributed by atoms with Crippen LogP contribution in [0.5, 0.6) is 0 Å². The predicted molar refractivity (Wildman–Crippen MR) is 70.8 cm³/mol. The van der Waals surface area contributed by atoms with E-state index >= 15 is 0 Å². The van der Waals surface area contributed by atoms with E-state index in [2.05, 4.69) is 0 Å². The van der Waals surface area contributed by atoms with Crippen molar-refractivity contribution in [3.8, 4) is 0 Å². The third kappa shape index (κ3) is 3.78. The summed E-state index contributed by atoms with van der Waals surface area (Å²) >= 11 is 3.29. The molecule has 0 atom stereocenters. The van der Waals surface area contributed by atoms with Crippen molar-refractivity contribution in [2.75, 3.05) is 0 Å². The molecule has 0 aliphatic carbocycles. The highest BCUT2D eigenvalue weighted by Crippen LogP contribution is 2.30. The summed E-state index contributed by atoms with van der Waals surface area (Å²) in [7, 11) is 0. The minimum absolute atomic E-state index is 0.572. The lowest BCUT2D eigenvalue weighted by Gasteiger charge is -2.08. The standard InChI is InChI=1S/C13H11F3S2/c14-13(15,16)11-4-1-3-10(7-11)8-17-9-12-5-2-6-18-12/h1-7H,8-9H2. The second kappa shape index (κ2) is 5.80. The van der Waals surface area contributed by atoms with Gasteiger partial charge in [-0.3, -0.25) is 0 Å². The van der Waals surface area contributed by atoms with Crippen LogP contribution in [0.15, 0.2) is 41.8 Å². The maximum absolute atomic E-state index is 12.5.